The summed E-state index contributed by atoms with van der Waals surface area (Å²) in [5, 5.41) is 13.6. The van der Waals surface area contributed by atoms with Crippen molar-refractivity contribution in [2.75, 3.05) is 12.3 Å². The number of nitrogens with zero attached hydrogens (tertiary/aromatic N) is 3. The predicted molar refractivity (Wildman–Crippen MR) is 84.4 cm³/mol. The Morgan fingerprint density at radius 3 is 2.64 bits per heavy atom. The number of hydrogen-bond donors (Lipinski definition) is 2. The van der Waals surface area contributed by atoms with E-state index in [2.05, 4.69) is 20.8 Å². The number of imide groups is 1. The lowest BCUT2D eigenvalue weighted by molar-refractivity contribution is -0.117. The summed E-state index contributed by atoms with van der Waals surface area (Å²) in [6.45, 7) is 2.25. The van der Waals surface area contributed by atoms with Gasteiger partial charge in [-0.3, -0.25) is 10.1 Å². The molecule has 0 atom stereocenters. The molecule has 0 unspecified atom stereocenters. The van der Waals surface area contributed by atoms with E-state index in [0.29, 0.717) is 11.7 Å². The van der Waals surface area contributed by atoms with Crippen LogP contribution in [0, 0.1) is 0 Å². The molecule has 3 amide bonds. The van der Waals surface area contributed by atoms with Crippen LogP contribution in [0.3, 0.4) is 0 Å². The average molecular weight is 319 g/mol. The standard InChI is InChI=1S/C14H17N5O2S/c1-3-15-13(21)16-11(20)9-22-14-18-17-12(19(14)2)10-7-5-4-6-8-10/h4-8H,3,9H2,1-2H3,(H2,15,16,20,21). The van der Waals surface area contributed by atoms with E-state index in [0.717, 1.165) is 11.4 Å². The summed E-state index contributed by atoms with van der Waals surface area (Å²) in [5.41, 5.74) is 0.955. The molecule has 2 rings (SSSR count). The first-order valence-corrected chi connectivity index (χ1v) is 7.75. The second kappa shape index (κ2) is 7.60. The average Bonchev–Trinajstić information content (AvgIpc) is 2.87. The van der Waals surface area contributed by atoms with Crippen molar-refractivity contribution in [2.45, 2.75) is 12.1 Å². The second-order valence-corrected chi connectivity index (χ2v) is 5.37. The van der Waals surface area contributed by atoms with Gasteiger partial charge in [0.15, 0.2) is 11.0 Å². The Morgan fingerprint density at radius 1 is 1.23 bits per heavy atom. The summed E-state index contributed by atoms with van der Waals surface area (Å²) >= 11 is 1.23. The topological polar surface area (TPSA) is 88.9 Å². The minimum atomic E-state index is -0.490. The van der Waals surface area contributed by atoms with Crippen molar-refractivity contribution >= 4 is 23.7 Å². The lowest BCUT2D eigenvalue weighted by atomic mass is 10.2. The molecule has 0 radical (unpaired) electrons. The van der Waals surface area contributed by atoms with E-state index >= 15 is 0 Å². The molecule has 0 saturated carbocycles. The van der Waals surface area contributed by atoms with Crippen LogP contribution in [-0.2, 0) is 11.8 Å². The lowest BCUT2D eigenvalue weighted by Crippen LogP contribution is -2.40. The van der Waals surface area contributed by atoms with Crippen LogP contribution in [0.4, 0.5) is 4.79 Å². The Labute approximate surface area is 132 Å². The van der Waals surface area contributed by atoms with Gasteiger partial charge in [-0.15, -0.1) is 10.2 Å². The molecule has 22 heavy (non-hydrogen) atoms. The molecule has 2 aromatic rings. The molecule has 1 aromatic heterocycles. The van der Waals surface area contributed by atoms with Crippen molar-refractivity contribution < 1.29 is 9.59 Å². The van der Waals surface area contributed by atoms with Gasteiger partial charge in [-0.25, -0.2) is 4.79 Å². The maximum Gasteiger partial charge on any atom is 0.321 e. The van der Waals surface area contributed by atoms with Gasteiger partial charge in [0.25, 0.3) is 0 Å². The minimum Gasteiger partial charge on any atom is -0.338 e. The molecule has 8 heteroatoms. The normalized spacial score (nSPS) is 10.3. The van der Waals surface area contributed by atoms with Gasteiger partial charge in [-0.1, -0.05) is 42.1 Å². The highest BCUT2D eigenvalue weighted by atomic mass is 32.2. The van der Waals surface area contributed by atoms with E-state index in [4.69, 9.17) is 0 Å². The SMILES string of the molecule is CCNC(=O)NC(=O)CSc1nnc(-c2ccccc2)n1C. The molecule has 7 nitrogen and oxygen atoms in total. The minimum absolute atomic E-state index is 0.0951. The molecule has 0 spiro atoms. The first kappa shape index (κ1) is 16.0. The number of amides is 3. The van der Waals surface area contributed by atoms with Crippen LogP contribution >= 0.6 is 11.8 Å². The molecular formula is C14H17N5O2S. The van der Waals surface area contributed by atoms with Crippen molar-refractivity contribution in [3.05, 3.63) is 30.3 Å². The van der Waals surface area contributed by atoms with Gasteiger partial charge in [0.1, 0.15) is 0 Å². The van der Waals surface area contributed by atoms with Crippen molar-refractivity contribution in [1.29, 1.82) is 0 Å². The fourth-order valence-electron chi connectivity index (χ4n) is 1.78. The molecule has 0 aliphatic heterocycles. The number of rotatable bonds is 5. The van der Waals surface area contributed by atoms with Gasteiger partial charge >= 0.3 is 6.03 Å². The molecule has 116 valence electrons. The zero-order chi connectivity index (χ0) is 15.9. The highest BCUT2D eigenvalue weighted by Crippen LogP contribution is 2.21. The van der Waals surface area contributed by atoms with Gasteiger partial charge in [-0.2, -0.15) is 0 Å². The number of urea groups is 1. The molecule has 0 aliphatic rings. The van der Waals surface area contributed by atoms with Crippen molar-refractivity contribution in [3.8, 4) is 11.4 Å². The Kier molecular flexibility index (Phi) is 5.54. The van der Waals surface area contributed by atoms with Gasteiger partial charge in [0, 0.05) is 19.2 Å². The van der Waals surface area contributed by atoms with E-state index in [1.807, 2.05) is 41.9 Å². The van der Waals surface area contributed by atoms with Gasteiger partial charge in [-0.05, 0) is 6.92 Å². The van der Waals surface area contributed by atoms with Crippen molar-refractivity contribution in [3.63, 3.8) is 0 Å². The van der Waals surface area contributed by atoms with Crippen LogP contribution in [0.25, 0.3) is 11.4 Å². The summed E-state index contributed by atoms with van der Waals surface area (Å²) in [6.07, 6.45) is 0. The summed E-state index contributed by atoms with van der Waals surface area (Å²) < 4.78 is 1.82. The van der Waals surface area contributed by atoms with Gasteiger partial charge < -0.3 is 9.88 Å². The third-order valence-electron chi connectivity index (χ3n) is 2.79. The van der Waals surface area contributed by atoms with Crippen molar-refractivity contribution in [2.24, 2.45) is 7.05 Å². The number of carbonyl (C=O) groups excluding carboxylic acids is 2. The van der Waals surface area contributed by atoms with Gasteiger partial charge in [0.05, 0.1) is 5.75 Å². The molecular weight excluding hydrogens is 302 g/mol. The predicted octanol–water partition coefficient (Wildman–Crippen LogP) is 1.42. The summed E-state index contributed by atoms with van der Waals surface area (Å²) in [5.74, 6) is 0.449. The maximum atomic E-state index is 11.6. The second-order valence-electron chi connectivity index (χ2n) is 4.43. The lowest BCUT2D eigenvalue weighted by Gasteiger charge is -2.05. The maximum absolute atomic E-state index is 11.6. The number of nitrogens with one attached hydrogen (secondary N) is 2. The van der Waals surface area contributed by atoms with Crippen LogP contribution in [-0.4, -0.2) is 39.0 Å². The van der Waals surface area contributed by atoms with E-state index in [-0.39, 0.29) is 11.7 Å². The quantitative estimate of drug-likeness (QED) is 0.814. The van der Waals surface area contributed by atoms with Crippen LogP contribution in [0.5, 0.6) is 0 Å². The third-order valence-corrected chi connectivity index (χ3v) is 3.81. The fraction of sp³-hybridized carbons (Fsp3) is 0.286. The molecule has 2 N–H and O–H groups in total. The molecule has 0 aliphatic carbocycles. The van der Waals surface area contributed by atoms with Crippen LogP contribution < -0.4 is 10.6 Å². The Hall–Kier alpha value is -2.35. The largest absolute Gasteiger partial charge is 0.338 e. The zero-order valence-electron chi connectivity index (χ0n) is 12.4. The van der Waals surface area contributed by atoms with E-state index in [1.165, 1.54) is 11.8 Å². The molecule has 0 fully saturated rings. The smallest absolute Gasteiger partial charge is 0.321 e. The Morgan fingerprint density at radius 2 is 1.95 bits per heavy atom. The highest BCUT2D eigenvalue weighted by molar-refractivity contribution is 7.99. The molecule has 0 bridgehead atoms. The van der Waals surface area contributed by atoms with Crippen LogP contribution in [0.2, 0.25) is 0 Å². The monoisotopic (exact) mass is 319 g/mol. The Balaban J connectivity index is 1.96. The molecule has 1 heterocycles. The van der Waals surface area contributed by atoms with E-state index in [1.54, 1.807) is 6.92 Å². The summed E-state index contributed by atoms with van der Waals surface area (Å²) in [4.78, 5) is 22.9. The summed E-state index contributed by atoms with van der Waals surface area (Å²) in [7, 11) is 1.84. The number of benzene rings is 1. The molecule has 0 saturated heterocycles. The zero-order valence-corrected chi connectivity index (χ0v) is 13.2. The first-order valence-electron chi connectivity index (χ1n) is 6.77. The van der Waals surface area contributed by atoms with Crippen LogP contribution in [0.1, 0.15) is 6.92 Å². The fourth-order valence-corrected chi connectivity index (χ4v) is 2.49. The van der Waals surface area contributed by atoms with Gasteiger partial charge in [0.2, 0.25) is 5.91 Å². The summed E-state index contributed by atoms with van der Waals surface area (Å²) in [6, 6.07) is 9.19. The number of thioether (sulfide) groups is 1. The number of carbonyl (C=O) groups is 2. The highest BCUT2D eigenvalue weighted by Gasteiger charge is 2.13. The number of hydrogen-bond acceptors (Lipinski definition) is 5. The van der Waals surface area contributed by atoms with Crippen LogP contribution in [0.15, 0.2) is 35.5 Å². The third kappa shape index (κ3) is 4.08. The molecule has 1 aromatic carbocycles. The van der Waals surface area contributed by atoms with E-state index < -0.39 is 6.03 Å². The first-order chi connectivity index (χ1) is 10.6. The van der Waals surface area contributed by atoms with E-state index in [9.17, 15) is 9.59 Å². The van der Waals surface area contributed by atoms with Crippen molar-refractivity contribution in [1.82, 2.24) is 25.4 Å². The number of aromatic nitrogens is 3. The Bertz CT molecular complexity index is 657.